The van der Waals surface area contributed by atoms with Gasteiger partial charge in [0.2, 0.25) is 5.91 Å². The van der Waals surface area contributed by atoms with Crippen molar-refractivity contribution in [2.75, 3.05) is 5.32 Å². The molecule has 0 aliphatic carbocycles. The monoisotopic (exact) mass is 337 g/mol. The Kier molecular flexibility index (Phi) is 5.20. The van der Waals surface area contributed by atoms with Gasteiger partial charge in [-0.25, -0.2) is 0 Å². The quantitative estimate of drug-likeness (QED) is 0.785. The number of ether oxygens (including phenoxy) is 1. The zero-order valence-electron chi connectivity index (χ0n) is 12.2. The van der Waals surface area contributed by atoms with Crippen LogP contribution in [0.15, 0.2) is 48.5 Å². The minimum atomic E-state index is -4.53. The fourth-order valence-electron chi connectivity index (χ4n) is 1.77. The predicted octanol–water partition coefficient (Wildman–Crippen LogP) is 2.41. The van der Waals surface area contributed by atoms with Crippen molar-refractivity contribution in [1.29, 1.82) is 0 Å². The van der Waals surface area contributed by atoms with Gasteiger partial charge in [0.05, 0.1) is 0 Å². The van der Waals surface area contributed by atoms with Crippen molar-refractivity contribution in [3.8, 4) is 11.5 Å². The number of rotatable bonds is 6. The third kappa shape index (κ3) is 5.97. The van der Waals surface area contributed by atoms with Gasteiger partial charge in [-0.15, -0.1) is 0 Å². The molecule has 0 heterocycles. The second-order valence-electron chi connectivity index (χ2n) is 4.65. The molecule has 0 saturated heterocycles. The molecule has 7 nitrogen and oxygen atoms in total. The molecule has 0 aromatic heterocycles. The van der Waals surface area contributed by atoms with Crippen LogP contribution in [0.2, 0.25) is 0 Å². The molecule has 0 aliphatic heterocycles. The molecule has 2 N–H and O–H groups in total. The fourth-order valence-corrected chi connectivity index (χ4v) is 2.12. The summed E-state index contributed by atoms with van der Waals surface area (Å²) < 4.78 is 39.5. The molecule has 8 heteroatoms. The van der Waals surface area contributed by atoms with Crippen LogP contribution in [0.5, 0.6) is 11.5 Å². The summed E-state index contributed by atoms with van der Waals surface area (Å²) >= 11 is 0. The Balaban J connectivity index is 1.91. The maximum atomic E-state index is 10.9. The second kappa shape index (κ2) is 7.12. The molecular formula is C15H15NO6S. The van der Waals surface area contributed by atoms with Crippen LogP contribution in [0.3, 0.4) is 0 Å². The number of hydrogen-bond acceptors (Lipinski definition) is 5. The van der Waals surface area contributed by atoms with E-state index in [4.69, 9.17) is 9.29 Å². The number of nitrogens with one attached hydrogen (secondary N) is 1. The normalized spacial score (nSPS) is 10.9. The third-order valence-electron chi connectivity index (χ3n) is 2.71. The van der Waals surface area contributed by atoms with Gasteiger partial charge in [-0.1, -0.05) is 12.1 Å². The van der Waals surface area contributed by atoms with Gasteiger partial charge in [0.15, 0.2) is 0 Å². The van der Waals surface area contributed by atoms with Crippen LogP contribution in [0.1, 0.15) is 12.5 Å². The van der Waals surface area contributed by atoms with E-state index >= 15 is 0 Å². The number of benzene rings is 2. The van der Waals surface area contributed by atoms with Crippen molar-refractivity contribution in [2.45, 2.75) is 13.5 Å². The molecule has 0 fully saturated rings. The van der Waals surface area contributed by atoms with Crippen molar-refractivity contribution < 1.29 is 26.7 Å². The van der Waals surface area contributed by atoms with Gasteiger partial charge >= 0.3 is 10.4 Å². The second-order valence-corrected chi connectivity index (χ2v) is 5.67. The number of amides is 1. The van der Waals surface area contributed by atoms with Crippen LogP contribution >= 0.6 is 0 Å². The topological polar surface area (TPSA) is 102 Å². The molecule has 2 aromatic carbocycles. The van der Waals surface area contributed by atoms with Gasteiger partial charge < -0.3 is 14.2 Å². The third-order valence-corrected chi connectivity index (χ3v) is 3.11. The molecule has 0 saturated carbocycles. The maximum Gasteiger partial charge on any atom is 0.446 e. The average Bonchev–Trinajstić information content (AvgIpc) is 2.46. The van der Waals surface area contributed by atoms with Gasteiger partial charge in [0, 0.05) is 12.6 Å². The number of carbonyl (C=O) groups excluding carboxylic acids is 1. The summed E-state index contributed by atoms with van der Waals surface area (Å²) in [4.78, 5) is 10.9. The molecule has 0 spiro atoms. The molecular weight excluding hydrogens is 322 g/mol. The van der Waals surface area contributed by atoms with E-state index in [2.05, 4.69) is 9.50 Å². The zero-order valence-corrected chi connectivity index (χ0v) is 13.0. The first-order chi connectivity index (χ1) is 10.8. The number of hydrogen-bond donors (Lipinski definition) is 2. The van der Waals surface area contributed by atoms with Gasteiger partial charge in [-0.3, -0.25) is 9.35 Å². The Hall–Kier alpha value is -2.58. The highest BCUT2D eigenvalue weighted by Gasteiger charge is 2.06. The predicted molar refractivity (Wildman–Crippen MR) is 83.7 cm³/mol. The van der Waals surface area contributed by atoms with Crippen molar-refractivity contribution in [3.05, 3.63) is 54.1 Å². The summed E-state index contributed by atoms with van der Waals surface area (Å²) in [6.07, 6.45) is 0. The first-order valence-corrected chi connectivity index (χ1v) is 7.95. The summed E-state index contributed by atoms with van der Waals surface area (Å²) in [6.45, 7) is 1.74. The largest absolute Gasteiger partial charge is 0.489 e. The fraction of sp³-hybridized carbons (Fsp3) is 0.133. The van der Waals surface area contributed by atoms with E-state index in [-0.39, 0.29) is 11.7 Å². The van der Waals surface area contributed by atoms with Gasteiger partial charge in [-0.2, -0.15) is 8.42 Å². The first kappa shape index (κ1) is 16.8. The van der Waals surface area contributed by atoms with E-state index < -0.39 is 10.4 Å². The minimum Gasteiger partial charge on any atom is -0.489 e. The summed E-state index contributed by atoms with van der Waals surface area (Å²) in [6, 6.07) is 12.9. The molecule has 122 valence electrons. The molecule has 0 atom stereocenters. The Morgan fingerprint density at radius 1 is 1.04 bits per heavy atom. The van der Waals surface area contributed by atoms with E-state index in [0.717, 1.165) is 5.56 Å². The van der Waals surface area contributed by atoms with E-state index in [1.165, 1.54) is 31.2 Å². The highest BCUT2D eigenvalue weighted by Crippen LogP contribution is 2.20. The van der Waals surface area contributed by atoms with Gasteiger partial charge in [0.25, 0.3) is 0 Å². The van der Waals surface area contributed by atoms with Crippen LogP contribution in [0, 0.1) is 0 Å². The lowest BCUT2D eigenvalue weighted by atomic mass is 10.2. The maximum absolute atomic E-state index is 10.9. The van der Waals surface area contributed by atoms with Crippen LogP contribution in [0.4, 0.5) is 5.69 Å². The Morgan fingerprint density at radius 2 is 1.61 bits per heavy atom. The highest BCUT2D eigenvalue weighted by atomic mass is 32.3. The summed E-state index contributed by atoms with van der Waals surface area (Å²) in [5.41, 5.74) is 1.60. The average molecular weight is 337 g/mol. The molecule has 0 radical (unpaired) electrons. The van der Waals surface area contributed by atoms with Crippen LogP contribution in [-0.4, -0.2) is 18.9 Å². The number of carbonyl (C=O) groups is 1. The molecule has 2 rings (SSSR count). The Morgan fingerprint density at radius 3 is 2.13 bits per heavy atom. The van der Waals surface area contributed by atoms with E-state index in [1.807, 2.05) is 12.1 Å². The molecule has 0 aliphatic rings. The minimum absolute atomic E-state index is 0.0143. The van der Waals surface area contributed by atoms with Crippen molar-refractivity contribution >= 4 is 22.0 Å². The highest BCUT2D eigenvalue weighted by molar-refractivity contribution is 7.81. The Labute approximate surface area is 133 Å². The van der Waals surface area contributed by atoms with Crippen molar-refractivity contribution in [1.82, 2.24) is 0 Å². The van der Waals surface area contributed by atoms with Gasteiger partial charge in [-0.05, 0) is 42.0 Å². The zero-order chi connectivity index (χ0) is 16.9. The smallest absolute Gasteiger partial charge is 0.446 e. The molecule has 2 aromatic rings. The summed E-state index contributed by atoms with van der Waals surface area (Å²) in [5.74, 6) is 0.360. The number of anilines is 1. The molecule has 0 unspecified atom stereocenters. The lowest BCUT2D eigenvalue weighted by molar-refractivity contribution is -0.114. The standard InChI is InChI=1S/C15H15NO6S/c1-11(17)16-13-4-2-12(3-5-13)10-21-14-6-8-15(9-7-14)22-23(18,19)20/h2-9H,10H2,1H3,(H,16,17)(H,18,19,20). The van der Waals surface area contributed by atoms with Crippen molar-refractivity contribution in [3.63, 3.8) is 0 Å². The van der Waals surface area contributed by atoms with E-state index in [0.29, 0.717) is 18.0 Å². The van der Waals surface area contributed by atoms with Crippen LogP contribution in [-0.2, 0) is 21.8 Å². The van der Waals surface area contributed by atoms with E-state index in [9.17, 15) is 13.2 Å². The van der Waals surface area contributed by atoms with Gasteiger partial charge in [0.1, 0.15) is 18.1 Å². The summed E-state index contributed by atoms with van der Waals surface area (Å²) in [5, 5.41) is 2.67. The summed E-state index contributed by atoms with van der Waals surface area (Å²) in [7, 11) is -4.53. The molecule has 0 bridgehead atoms. The lowest BCUT2D eigenvalue weighted by Crippen LogP contribution is -2.06. The lowest BCUT2D eigenvalue weighted by Gasteiger charge is -2.08. The molecule has 1 amide bonds. The van der Waals surface area contributed by atoms with Crippen LogP contribution < -0.4 is 14.2 Å². The van der Waals surface area contributed by atoms with Crippen LogP contribution in [0.25, 0.3) is 0 Å². The molecule has 23 heavy (non-hydrogen) atoms. The van der Waals surface area contributed by atoms with E-state index in [1.54, 1.807) is 12.1 Å². The Bertz CT molecular complexity index is 769. The van der Waals surface area contributed by atoms with Crippen molar-refractivity contribution in [2.24, 2.45) is 0 Å². The SMILES string of the molecule is CC(=O)Nc1ccc(COc2ccc(OS(=O)(=O)O)cc2)cc1. The first-order valence-electron chi connectivity index (χ1n) is 6.58.